The van der Waals surface area contributed by atoms with E-state index in [-0.39, 0.29) is 28.6 Å². The Kier molecular flexibility index (Phi) is 4.46. The first-order valence-electron chi connectivity index (χ1n) is 9.02. The van der Waals surface area contributed by atoms with Gasteiger partial charge in [0.05, 0.1) is 29.4 Å². The zero-order chi connectivity index (χ0) is 19.8. The van der Waals surface area contributed by atoms with Crippen molar-refractivity contribution < 1.29 is 24.0 Å². The van der Waals surface area contributed by atoms with Crippen LogP contribution in [0.15, 0.2) is 36.4 Å². The van der Waals surface area contributed by atoms with Gasteiger partial charge in [-0.2, -0.15) is 0 Å². The average Bonchev–Trinajstić information content (AvgIpc) is 3.28. The molecule has 2 aliphatic rings. The number of hydrogen-bond donors (Lipinski definition) is 0. The van der Waals surface area contributed by atoms with Crippen LogP contribution in [-0.4, -0.2) is 30.0 Å². The SMILES string of the molecule is COc1ccc(N2C(=O)c3cccc([N+](=O)[O-])c3C2=O)cc1OC1CCCC1. The van der Waals surface area contributed by atoms with Crippen LogP contribution in [-0.2, 0) is 0 Å². The lowest BCUT2D eigenvalue weighted by molar-refractivity contribution is -0.385. The molecule has 0 N–H and O–H groups in total. The van der Waals surface area contributed by atoms with Gasteiger partial charge in [0, 0.05) is 12.1 Å². The van der Waals surface area contributed by atoms with Crippen molar-refractivity contribution in [2.45, 2.75) is 31.8 Å². The van der Waals surface area contributed by atoms with Crippen molar-refractivity contribution in [3.8, 4) is 11.5 Å². The van der Waals surface area contributed by atoms with E-state index in [0.29, 0.717) is 11.5 Å². The average molecular weight is 382 g/mol. The first-order valence-corrected chi connectivity index (χ1v) is 9.02. The molecule has 1 aliphatic heterocycles. The number of nitro groups is 1. The Morgan fingerprint density at radius 2 is 1.82 bits per heavy atom. The molecule has 8 heteroatoms. The third-order valence-corrected chi connectivity index (χ3v) is 5.09. The Morgan fingerprint density at radius 1 is 1.07 bits per heavy atom. The summed E-state index contributed by atoms with van der Waals surface area (Å²) >= 11 is 0. The van der Waals surface area contributed by atoms with Gasteiger partial charge in [-0.3, -0.25) is 19.7 Å². The Morgan fingerprint density at radius 3 is 2.50 bits per heavy atom. The molecule has 0 bridgehead atoms. The highest BCUT2D eigenvalue weighted by molar-refractivity contribution is 6.35. The van der Waals surface area contributed by atoms with Crippen molar-refractivity contribution in [1.82, 2.24) is 0 Å². The van der Waals surface area contributed by atoms with Crippen LogP contribution < -0.4 is 14.4 Å². The third kappa shape index (κ3) is 2.87. The predicted molar refractivity (Wildman–Crippen MR) is 100 cm³/mol. The van der Waals surface area contributed by atoms with Gasteiger partial charge < -0.3 is 9.47 Å². The minimum Gasteiger partial charge on any atom is -0.493 e. The Balaban J connectivity index is 1.73. The molecule has 2 aromatic carbocycles. The molecule has 0 spiro atoms. The van der Waals surface area contributed by atoms with Crippen LogP contribution >= 0.6 is 0 Å². The first kappa shape index (κ1) is 18.0. The summed E-state index contributed by atoms with van der Waals surface area (Å²) in [5.74, 6) is -0.374. The molecule has 1 heterocycles. The van der Waals surface area contributed by atoms with Crippen molar-refractivity contribution in [2.24, 2.45) is 0 Å². The van der Waals surface area contributed by atoms with Crippen molar-refractivity contribution in [2.75, 3.05) is 12.0 Å². The third-order valence-electron chi connectivity index (χ3n) is 5.09. The van der Waals surface area contributed by atoms with Gasteiger partial charge in [-0.25, -0.2) is 4.90 Å². The second-order valence-electron chi connectivity index (χ2n) is 6.76. The Bertz CT molecular complexity index is 981. The lowest BCUT2D eigenvalue weighted by Gasteiger charge is -2.19. The van der Waals surface area contributed by atoms with E-state index in [4.69, 9.17) is 9.47 Å². The van der Waals surface area contributed by atoms with Gasteiger partial charge in [0.1, 0.15) is 5.56 Å². The number of methoxy groups -OCH3 is 1. The lowest BCUT2D eigenvalue weighted by Crippen LogP contribution is -2.29. The fraction of sp³-hybridized carbons (Fsp3) is 0.300. The van der Waals surface area contributed by atoms with Crippen molar-refractivity contribution in [3.05, 3.63) is 57.6 Å². The van der Waals surface area contributed by atoms with Crippen LogP contribution in [0.4, 0.5) is 11.4 Å². The number of carbonyl (C=O) groups is 2. The van der Waals surface area contributed by atoms with Gasteiger partial charge in [0.15, 0.2) is 11.5 Å². The maximum absolute atomic E-state index is 12.9. The quantitative estimate of drug-likeness (QED) is 0.444. The van der Waals surface area contributed by atoms with E-state index in [1.165, 1.54) is 25.3 Å². The van der Waals surface area contributed by atoms with Gasteiger partial charge in [-0.05, 0) is 43.9 Å². The Hall–Kier alpha value is -3.42. The molecule has 0 unspecified atom stereocenters. The molecular formula is C20H18N2O6. The smallest absolute Gasteiger partial charge is 0.283 e. The maximum atomic E-state index is 12.9. The molecule has 8 nitrogen and oxygen atoms in total. The highest BCUT2D eigenvalue weighted by Crippen LogP contribution is 2.39. The van der Waals surface area contributed by atoms with E-state index in [1.54, 1.807) is 18.2 Å². The lowest BCUT2D eigenvalue weighted by atomic mass is 10.1. The fourth-order valence-corrected chi connectivity index (χ4v) is 3.74. The number of benzene rings is 2. The number of fused-ring (bicyclic) bond motifs is 1. The molecule has 2 aromatic rings. The highest BCUT2D eigenvalue weighted by Gasteiger charge is 2.42. The van der Waals surface area contributed by atoms with Gasteiger partial charge >= 0.3 is 0 Å². The summed E-state index contributed by atoms with van der Waals surface area (Å²) in [6.45, 7) is 0. The van der Waals surface area contributed by atoms with Gasteiger partial charge in [0.2, 0.25) is 0 Å². The molecule has 1 aliphatic carbocycles. The summed E-state index contributed by atoms with van der Waals surface area (Å²) in [6, 6.07) is 8.79. The van der Waals surface area contributed by atoms with Crippen LogP contribution in [0.25, 0.3) is 0 Å². The second-order valence-corrected chi connectivity index (χ2v) is 6.76. The number of nitro benzene ring substituents is 1. The second kappa shape index (κ2) is 6.95. The summed E-state index contributed by atoms with van der Waals surface area (Å²) in [6.07, 6.45) is 4.12. The molecule has 0 radical (unpaired) electrons. The van der Waals surface area contributed by atoms with Gasteiger partial charge in [-0.1, -0.05) is 6.07 Å². The van der Waals surface area contributed by atoms with Crippen molar-refractivity contribution >= 4 is 23.2 Å². The highest BCUT2D eigenvalue weighted by atomic mass is 16.6. The van der Waals surface area contributed by atoms with Crippen LogP contribution in [0.1, 0.15) is 46.4 Å². The standard InChI is InChI=1S/C20H18N2O6/c1-27-16-10-9-12(11-17(16)28-13-5-2-3-6-13)21-19(23)14-7-4-8-15(22(25)26)18(14)20(21)24/h4,7-11,13H,2-3,5-6H2,1H3. The number of amides is 2. The van der Waals surface area contributed by atoms with E-state index in [0.717, 1.165) is 30.6 Å². The molecule has 144 valence electrons. The molecule has 28 heavy (non-hydrogen) atoms. The van der Waals surface area contributed by atoms with Crippen LogP contribution in [0.5, 0.6) is 11.5 Å². The monoisotopic (exact) mass is 382 g/mol. The van der Waals surface area contributed by atoms with Crippen molar-refractivity contribution in [3.63, 3.8) is 0 Å². The van der Waals surface area contributed by atoms with E-state index in [1.807, 2.05) is 0 Å². The maximum Gasteiger partial charge on any atom is 0.283 e. The molecular weight excluding hydrogens is 364 g/mol. The minimum absolute atomic E-state index is 0.0216. The summed E-state index contributed by atoms with van der Waals surface area (Å²) in [5.41, 5.74) is -0.261. The fourth-order valence-electron chi connectivity index (χ4n) is 3.74. The summed E-state index contributed by atoms with van der Waals surface area (Å²) in [7, 11) is 1.52. The summed E-state index contributed by atoms with van der Waals surface area (Å²) < 4.78 is 11.4. The number of imide groups is 1. The topological polar surface area (TPSA) is 99.0 Å². The molecule has 1 saturated carbocycles. The normalized spacial score (nSPS) is 16.4. The number of nitrogens with zero attached hydrogens (tertiary/aromatic N) is 2. The molecule has 0 atom stereocenters. The number of ether oxygens (including phenoxy) is 2. The van der Waals surface area contributed by atoms with E-state index in [9.17, 15) is 19.7 Å². The zero-order valence-electron chi connectivity index (χ0n) is 15.2. The van der Waals surface area contributed by atoms with E-state index in [2.05, 4.69) is 0 Å². The Labute approximate surface area is 160 Å². The molecule has 0 aromatic heterocycles. The predicted octanol–water partition coefficient (Wildman–Crippen LogP) is 3.73. The van der Waals surface area contributed by atoms with E-state index >= 15 is 0 Å². The minimum atomic E-state index is -0.718. The van der Waals surface area contributed by atoms with Crippen LogP contribution in [0.2, 0.25) is 0 Å². The molecule has 4 rings (SSSR count). The number of rotatable bonds is 5. The van der Waals surface area contributed by atoms with Gasteiger partial charge in [-0.15, -0.1) is 0 Å². The number of anilines is 1. The van der Waals surface area contributed by atoms with Crippen LogP contribution in [0, 0.1) is 10.1 Å². The summed E-state index contributed by atoms with van der Waals surface area (Å²) in [4.78, 5) is 37.2. The zero-order valence-corrected chi connectivity index (χ0v) is 15.2. The largest absolute Gasteiger partial charge is 0.493 e. The van der Waals surface area contributed by atoms with E-state index < -0.39 is 16.7 Å². The molecule has 2 amide bonds. The van der Waals surface area contributed by atoms with Crippen LogP contribution in [0.3, 0.4) is 0 Å². The number of carbonyl (C=O) groups excluding carboxylic acids is 2. The van der Waals surface area contributed by atoms with Gasteiger partial charge in [0.25, 0.3) is 17.5 Å². The molecule has 1 fully saturated rings. The molecule has 0 saturated heterocycles. The van der Waals surface area contributed by atoms with Crippen molar-refractivity contribution in [1.29, 1.82) is 0 Å². The number of hydrogen-bond acceptors (Lipinski definition) is 6. The summed E-state index contributed by atoms with van der Waals surface area (Å²) in [5, 5.41) is 11.3. The first-order chi connectivity index (χ1) is 13.5.